The number of ether oxygens (including phenoxy) is 3. The van der Waals surface area contributed by atoms with Gasteiger partial charge in [-0.3, -0.25) is 0 Å². The number of carbonyl (C=O) groups is 1. The van der Waals surface area contributed by atoms with Crippen molar-refractivity contribution in [1.29, 1.82) is 0 Å². The lowest BCUT2D eigenvalue weighted by atomic mass is 10.0. The maximum Gasteiger partial charge on any atom is 0.343 e. The highest BCUT2D eigenvalue weighted by atomic mass is 19.1. The van der Waals surface area contributed by atoms with Crippen LogP contribution in [0.3, 0.4) is 0 Å². The van der Waals surface area contributed by atoms with Crippen molar-refractivity contribution in [2.45, 2.75) is 116 Å². The zero-order valence-electron chi connectivity index (χ0n) is 24.2. The van der Waals surface area contributed by atoms with E-state index >= 15 is 0 Å². The topological polar surface area (TPSA) is 44.8 Å². The van der Waals surface area contributed by atoms with Gasteiger partial charge in [-0.2, -0.15) is 0 Å². The number of aryl methyl sites for hydroxylation is 1. The minimum atomic E-state index is -0.736. The van der Waals surface area contributed by atoms with Crippen LogP contribution in [0.5, 0.6) is 5.75 Å². The Kier molecular flexibility index (Phi) is 14.6. The molecule has 0 aliphatic carbocycles. The molecule has 0 aromatic heterocycles. The monoisotopic (exact) mass is 540 g/mol. The molecule has 1 saturated heterocycles. The van der Waals surface area contributed by atoms with Gasteiger partial charge in [0.15, 0.2) is 6.29 Å². The van der Waals surface area contributed by atoms with Gasteiger partial charge in [-0.1, -0.05) is 109 Å². The molecule has 0 atom stereocenters. The summed E-state index contributed by atoms with van der Waals surface area (Å²) in [5.74, 6) is -0.284. The van der Waals surface area contributed by atoms with Crippen LogP contribution in [0.2, 0.25) is 0 Å². The van der Waals surface area contributed by atoms with Gasteiger partial charge in [0.05, 0.1) is 18.8 Å². The minimum Gasteiger partial charge on any atom is -0.423 e. The Morgan fingerprint density at radius 1 is 0.795 bits per heavy atom. The lowest BCUT2D eigenvalue weighted by Crippen LogP contribution is -2.27. The maximum atomic E-state index is 14.9. The number of benzene rings is 2. The third-order valence-corrected chi connectivity index (χ3v) is 7.63. The van der Waals surface area contributed by atoms with Crippen molar-refractivity contribution < 1.29 is 23.4 Å². The van der Waals surface area contributed by atoms with Crippen molar-refractivity contribution in [2.24, 2.45) is 5.92 Å². The van der Waals surface area contributed by atoms with Crippen molar-refractivity contribution in [3.05, 3.63) is 65.0 Å². The van der Waals surface area contributed by atoms with E-state index in [1.165, 1.54) is 95.1 Å². The summed E-state index contributed by atoms with van der Waals surface area (Å²) < 4.78 is 32.1. The highest BCUT2D eigenvalue weighted by Crippen LogP contribution is 2.30. The number of hydrogen-bond acceptors (Lipinski definition) is 4. The number of esters is 1. The Morgan fingerprint density at radius 3 is 2.00 bits per heavy atom. The van der Waals surface area contributed by atoms with Crippen LogP contribution in [0.4, 0.5) is 4.39 Å². The first kappa shape index (κ1) is 31.3. The van der Waals surface area contributed by atoms with Crippen LogP contribution in [0.1, 0.15) is 132 Å². The van der Waals surface area contributed by atoms with E-state index in [4.69, 9.17) is 14.2 Å². The highest BCUT2D eigenvalue weighted by molar-refractivity contribution is 5.91. The fourth-order valence-electron chi connectivity index (χ4n) is 5.12. The van der Waals surface area contributed by atoms with Gasteiger partial charge in [0.2, 0.25) is 0 Å². The lowest BCUT2D eigenvalue weighted by Gasteiger charge is -2.30. The van der Waals surface area contributed by atoms with E-state index in [0.29, 0.717) is 30.4 Å². The molecule has 0 unspecified atom stereocenters. The second-order valence-electron chi connectivity index (χ2n) is 11.1. The summed E-state index contributed by atoms with van der Waals surface area (Å²) in [6, 6.07) is 12.0. The average Bonchev–Trinajstić information content (AvgIpc) is 2.95. The molecule has 2 aromatic rings. The summed E-state index contributed by atoms with van der Waals surface area (Å²) in [4.78, 5) is 12.6. The van der Waals surface area contributed by atoms with Gasteiger partial charge in [0.1, 0.15) is 11.6 Å². The third-order valence-electron chi connectivity index (χ3n) is 7.63. The van der Waals surface area contributed by atoms with Gasteiger partial charge in [-0.15, -0.1) is 0 Å². The normalized spacial score (nSPS) is 17.3. The van der Waals surface area contributed by atoms with Crippen LogP contribution in [0.25, 0.3) is 0 Å². The van der Waals surface area contributed by atoms with E-state index in [9.17, 15) is 9.18 Å². The molecule has 0 saturated carbocycles. The van der Waals surface area contributed by atoms with Gasteiger partial charge in [0, 0.05) is 11.5 Å². The van der Waals surface area contributed by atoms with E-state index in [2.05, 4.69) is 13.8 Å². The van der Waals surface area contributed by atoms with E-state index in [-0.39, 0.29) is 5.56 Å². The van der Waals surface area contributed by atoms with Crippen molar-refractivity contribution in [2.75, 3.05) is 13.2 Å². The van der Waals surface area contributed by atoms with Crippen LogP contribution in [-0.2, 0) is 15.9 Å². The van der Waals surface area contributed by atoms with Crippen LogP contribution in [-0.4, -0.2) is 19.2 Å². The smallest absolute Gasteiger partial charge is 0.343 e. The molecular weight excluding hydrogens is 491 g/mol. The molecule has 0 spiro atoms. The molecule has 1 aliphatic rings. The predicted octanol–water partition coefficient (Wildman–Crippen LogP) is 9.75. The highest BCUT2D eigenvalue weighted by Gasteiger charge is 2.26. The number of rotatable bonds is 18. The average molecular weight is 541 g/mol. The fourth-order valence-corrected chi connectivity index (χ4v) is 5.12. The summed E-state index contributed by atoms with van der Waals surface area (Å²) in [7, 11) is 0. The molecule has 39 heavy (non-hydrogen) atoms. The van der Waals surface area contributed by atoms with E-state index < -0.39 is 18.1 Å². The molecule has 5 heteroatoms. The van der Waals surface area contributed by atoms with Gasteiger partial charge in [-0.25, -0.2) is 9.18 Å². The molecule has 4 nitrogen and oxygen atoms in total. The quantitative estimate of drug-likeness (QED) is 0.107. The molecule has 0 amide bonds. The van der Waals surface area contributed by atoms with Crippen LogP contribution >= 0.6 is 0 Å². The Morgan fingerprint density at radius 2 is 1.38 bits per heavy atom. The van der Waals surface area contributed by atoms with Crippen LogP contribution < -0.4 is 4.74 Å². The first-order valence-corrected chi connectivity index (χ1v) is 15.4. The van der Waals surface area contributed by atoms with Crippen LogP contribution in [0, 0.1) is 11.7 Å². The molecule has 1 fully saturated rings. The first-order chi connectivity index (χ1) is 19.1. The summed E-state index contributed by atoms with van der Waals surface area (Å²) in [6.45, 7) is 5.60. The van der Waals surface area contributed by atoms with Gasteiger partial charge in [-0.05, 0) is 49.1 Å². The fraction of sp³-hybridized carbons (Fsp3) is 0.618. The molecule has 2 aromatic carbocycles. The zero-order chi connectivity index (χ0) is 27.7. The number of hydrogen-bond donors (Lipinski definition) is 0. The van der Waals surface area contributed by atoms with Crippen molar-refractivity contribution in [3.8, 4) is 5.75 Å². The minimum absolute atomic E-state index is 0.167. The van der Waals surface area contributed by atoms with Crippen molar-refractivity contribution in [1.82, 2.24) is 0 Å². The molecule has 3 rings (SSSR count). The van der Waals surface area contributed by atoms with Gasteiger partial charge >= 0.3 is 5.97 Å². The SMILES string of the molecule is CCCCCCCCCc1ccc(OC(=O)c2ccc(C3OCC(CCCCCCCC)CO3)c(F)c2)cc1. The Bertz CT molecular complexity index is 950. The van der Waals surface area contributed by atoms with E-state index in [1.807, 2.05) is 24.3 Å². The summed E-state index contributed by atoms with van der Waals surface area (Å²) >= 11 is 0. The molecule has 1 aliphatic heterocycles. The van der Waals surface area contributed by atoms with Crippen LogP contribution in [0.15, 0.2) is 42.5 Å². The van der Waals surface area contributed by atoms with E-state index in [1.54, 1.807) is 12.1 Å². The maximum absolute atomic E-state index is 14.9. The molecular formula is C34H49FO4. The second-order valence-corrected chi connectivity index (χ2v) is 11.1. The second kappa shape index (κ2) is 18.2. The Labute approximate surface area is 235 Å². The number of unbranched alkanes of at least 4 members (excludes halogenated alkanes) is 11. The molecule has 216 valence electrons. The summed E-state index contributed by atoms with van der Waals surface area (Å²) in [5, 5.41) is 0. The third kappa shape index (κ3) is 11.4. The predicted molar refractivity (Wildman–Crippen MR) is 156 cm³/mol. The molecule has 0 radical (unpaired) electrons. The Hall–Kier alpha value is -2.24. The first-order valence-electron chi connectivity index (χ1n) is 15.4. The number of carbonyl (C=O) groups excluding carboxylic acids is 1. The van der Waals surface area contributed by atoms with E-state index in [0.717, 1.165) is 12.8 Å². The molecule has 1 heterocycles. The van der Waals surface area contributed by atoms with Gasteiger partial charge in [0.25, 0.3) is 0 Å². The largest absolute Gasteiger partial charge is 0.423 e. The van der Waals surface area contributed by atoms with Gasteiger partial charge < -0.3 is 14.2 Å². The van der Waals surface area contributed by atoms with Crippen molar-refractivity contribution >= 4 is 5.97 Å². The summed E-state index contributed by atoms with van der Waals surface area (Å²) in [6.07, 6.45) is 18.0. The standard InChI is InChI=1S/C34H49FO4/c1-3-5-7-9-11-13-14-16-27-18-21-30(22-19-27)39-33(36)29-20-23-31(32(35)24-29)34-37-25-28(26-38-34)17-15-12-10-8-6-4-2/h18-24,28,34H,3-17,25-26H2,1-2H3. The number of halogens is 1. The zero-order valence-corrected chi connectivity index (χ0v) is 24.2. The van der Waals surface area contributed by atoms with Crippen molar-refractivity contribution in [3.63, 3.8) is 0 Å². The molecule has 0 bridgehead atoms. The molecule has 0 N–H and O–H groups in total. The lowest BCUT2D eigenvalue weighted by molar-refractivity contribution is -0.207. The summed E-state index contributed by atoms with van der Waals surface area (Å²) in [5.41, 5.74) is 1.72. The Balaban J connectivity index is 1.39.